The quantitative estimate of drug-likeness (QED) is 0.415. The van der Waals surface area contributed by atoms with Crippen LogP contribution >= 0.6 is 22.9 Å². The summed E-state index contributed by atoms with van der Waals surface area (Å²) in [5.74, 6) is 0.176. The maximum absolute atomic E-state index is 13.6. The first-order chi connectivity index (χ1) is 17.0. The zero-order valence-corrected chi connectivity index (χ0v) is 21.5. The lowest BCUT2D eigenvalue weighted by atomic mass is 9.92. The third kappa shape index (κ3) is 6.23. The molecule has 1 aromatic heterocycles. The van der Waals surface area contributed by atoms with Crippen molar-refractivity contribution in [2.75, 3.05) is 40.0 Å². The molecule has 2 heterocycles. The Labute approximate surface area is 215 Å². The number of amides is 2. The third-order valence-electron chi connectivity index (χ3n) is 6.10. The molecule has 1 atom stereocenters. The van der Waals surface area contributed by atoms with Crippen LogP contribution in [0, 0.1) is 6.92 Å². The van der Waals surface area contributed by atoms with Gasteiger partial charge in [-0.05, 0) is 60.2 Å². The molecule has 35 heavy (non-hydrogen) atoms. The Morgan fingerprint density at radius 2 is 1.86 bits per heavy atom. The number of thiophene rings is 1. The summed E-state index contributed by atoms with van der Waals surface area (Å²) < 4.78 is 10.8. The molecule has 0 aliphatic carbocycles. The molecule has 0 radical (unpaired) electrons. The second-order valence-corrected chi connectivity index (χ2v) is 9.94. The van der Waals surface area contributed by atoms with Crippen LogP contribution in [0.1, 0.15) is 27.6 Å². The number of hydrogen-bond donors (Lipinski definition) is 0. The van der Waals surface area contributed by atoms with Gasteiger partial charge in [0.15, 0.2) is 6.61 Å². The van der Waals surface area contributed by atoms with Crippen LogP contribution in [-0.2, 0) is 20.7 Å². The zero-order valence-electron chi connectivity index (χ0n) is 19.9. The van der Waals surface area contributed by atoms with Crippen molar-refractivity contribution in [3.8, 4) is 5.75 Å². The van der Waals surface area contributed by atoms with Crippen LogP contribution in [0.15, 0.2) is 60.0 Å². The number of carbonyl (C=O) groups is 2. The lowest BCUT2D eigenvalue weighted by Crippen LogP contribution is -2.48. The first-order valence-corrected chi connectivity index (χ1v) is 12.8. The largest absolute Gasteiger partial charge is 0.484 e. The number of fused-ring (bicyclic) bond motifs is 1. The van der Waals surface area contributed by atoms with E-state index in [0.29, 0.717) is 30.5 Å². The summed E-state index contributed by atoms with van der Waals surface area (Å²) >= 11 is 7.65. The Bertz CT molecular complexity index is 1150. The molecule has 4 rings (SSSR count). The Kier molecular flexibility index (Phi) is 8.44. The van der Waals surface area contributed by atoms with Crippen molar-refractivity contribution in [1.82, 2.24) is 9.80 Å². The Balaban J connectivity index is 1.50. The minimum Gasteiger partial charge on any atom is -0.484 e. The maximum atomic E-state index is 13.6. The van der Waals surface area contributed by atoms with Crippen LogP contribution in [-0.4, -0.2) is 61.6 Å². The van der Waals surface area contributed by atoms with Crippen molar-refractivity contribution in [2.24, 2.45) is 0 Å². The van der Waals surface area contributed by atoms with Crippen LogP contribution in [0.25, 0.3) is 0 Å². The molecular formula is C27H29ClN2O4S. The second-order valence-electron chi connectivity index (χ2n) is 8.50. The highest BCUT2D eigenvalue weighted by atomic mass is 35.5. The van der Waals surface area contributed by atoms with Crippen LogP contribution in [0.2, 0.25) is 5.02 Å². The lowest BCUT2D eigenvalue weighted by molar-refractivity contribution is -0.143. The highest BCUT2D eigenvalue weighted by Gasteiger charge is 2.34. The van der Waals surface area contributed by atoms with E-state index in [2.05, 4.69) is 42.6 Å². The monoisotopic (exact) mass is 512 g/mol. The number of halogens is 1. The summed E-state index contributed by atoms with van der Waals surface area (Å²) in [7, 11) is 1.57. The summed E-state index contributed by atoms with van der Waals surface area (Å²) in [4.78, 5) is 31.3. The second kappa shape index (κ2) is 11.7. The van der Waals surface area contributed by atoms with E-state index < -0.39 is 0 Å². The molecule has 2 amide bonds. The fraction of sp³-hybridized carbons (Fsp3) is 0.333. The van der Waals surface area contributed by atoms with Crippen LogP contribution in [0.5, 0.6) is 5.75 Å². The number of rotatable bonds is 9. The Morgan fingerprint density at radius 3 is 2.57 bits per heavy atom. The van der Waals surface area contributed by atoms with Gasteiger partial charge in [0.2, 0.25) is 5.91 Å². The molecule has 2 aromatic carbocycles. The van der Waals surface area contributed by atoms with E-state index in [4.69, 9.17) is 21.1 Å². The number of nitrogens with zero attached hydrogens (tertiary/aromatic N) is 2. The van der Waals surface area contributed by atoms with Gasteiger partial charge in [0.1, 0.15) is 5.75 Å². The van der Waals surface area contributed by atoms with Gasteiger partial charge in [-0.3, -0.25) is 9.59 Å². The molecule has 0 bridgehead atoms. The molecule has 184 valence electrons. The minimum atomic E-state index is -0.273. The Hall–Kier alpha value is -2.87. The number of carbonyl (C=O) groups excluding carboxylic acids is 2. The van der Waals surface area contributed by atoms with E-state index >= 15 is 0 Å². The number of ether oxygens (including phenoxy) is 2. The fourth-order valence-corrected chi connectivity index (χ4v) is 5.24. The van der Waals surface area contributed by atoms with Crippen LogP contribution < -0.4 is 4.74 Å². The van der Waals surface area contributed by atoms with E-state index in [1.807, 2.05) is 4.90 Å². The van der Waals surface area contributed by atoms with Crippen molar-refractivity contribution >= 4 is 34.8 Å². The van der Waals surface area contributed by atoms with E-state index in [0.717, 1.165) is 12.0 Å². The summed E-state index contributed by atoms with van der Waals surface area (Å²) in [5, 5.41) is 2.68. The Morgan fingerprint density at radius 1 is 1.11 bits per heavy atom. The van der Waals surface area contributed by atoms with Crippen molar-refractivity contribution in [2.45, 2.75) is 19.4 Å². The number of aryl methyl sites for hydroxylation is 1. The molecule has 1 unspecified atom stereocenters. The van der Waals surface area contributed by atoms with Gasteiger partial charge in [0.25, 0.3) is 5.91 Å². The molecule has 1 aliphatic rings. The van der Waals surface area contributed by atoms with Gasteiger partial charge in [0, 0.05) is 30.1 Å². The van der Waals surface area contributed by atoms with Gasteiger partial charge in [0.05, 0.1) is 19.2 Å². The summed E-state index contributed by atoms with van der Waals surface area (Å²) in [6.45, 7) is 3.09. The maximum Gasteiger partial charge on any atom is 0.261 e. The van der Waals surface area contributed by atoms with E-state index in [9.17, 15) is 9.59 Å². The molecule has 6 nitrogen and oxygen atoms in total. The molecular weight excluding hydrogens is 484 g/mol. The first kappa shape index (κ1) is 25.2. The van der Waals surface area contributed by atoms with E-state index in [1.54, 1.807) is 42.7 Å². The topological polar surface area (TPSA) is 59.1 Å². The standard InChI is InChI=1S/C27H29ClN2O4S/c1-19-3-5-20(6-4-19)27-23-12-16-35-24(23)11-13-30(27)25(31)17-29(14-15-33-2)26(32)18-34-22-9-7-21(28)8-10-22/h3-10,12,16,27H,11,13-15,17-18H2,1-2H3. The molecule has 3 aromatic rings. The highest BCUT2D eigenvalue weighted by Crippen LogP contribution is 2.38. The van der Waals surface area contributed by atoms with Gasteiger partial charge in [-0.25, -0.2) is 0 Å². The number of methoxy groups -OCH3 is 1. The van der Waals surface area contributed by atoms with Gasteiger partial charge >= 0.3 is 0 Å². The lowest BCUT2D eigenvalue weighted by Gasteiger charge is -2.37. The number of benzene rings is 2. The molecule has 0 spiro atoms. The molecule has 0 saturated heterocycles. The van der Waals surface area contributed by atoms with Gasteiger partial charge in [-0.2, -0.15) is 0 Å². The SMILES string of the molecule is COCCN(CC(=O)N1CCc2sccc2C1c1ccc(C)cc1)C(=O)COc1ccc(Cl)cc1. The van der Waals surface area contributed by atoms with Crippen molar-refractivity contribution in [3.05, 3.63) is 86.6 Å². The molecule has 0 fully saturated rings. The minimum absolute atomic E-state index is 0.0337. The summed E-state index contributed by atoms with van der Waals surface area (Å²) in [5.41, 5.74) is 3.41. The molecule has 1 aliphatic heterocycles. The smallest absolute Gasteiger partial charge is 0.261 e. The first-order valence-electron chi connectivity index (χ1n) is 11.5. The fourth-order valence-electron chi connectivity index (χ4n) is 4.21. The normalized spacial score (nSPS) is 14.9. The van der Waals surface area contributed by atoms with Gasteiger partial charge in [-0.1, -0.05) is 41.4 Å². The van der Waals surface area contributed by atoms with E-state index in [-0.39, 0.29) is 31.0 Å². The van der Waals surface area contributed by atoms with Crippen LogP contribution in [0.4, 0.5) is 0 Å². The molecule has 0 saturated carbocycles. The van der Waals surface area contributed by atoms with E-state index in [1.165, 1.54) is 20.9 Å². The third-order valence-corrected chi connectivity index (χ3v) is 7.35. The van der Waals surface area contributed by atoms with Crippen molar-refractivity contribution in [1.29, 1.82) is 0 Å². The average Bonchev–Trinajstić information content (AvgIpc) is 3.35. The number of hydrogen-bond acceptors (Lipinski definition) is 5. The summed E-state index contributed by atoms with van der Waals surface area (Å²) in [6.07, 6.45) is 0.812. The van der Waals surface area contributed by atoms with Crippen LogP contribution in [0.3, 0.4) is 0 Å². The van der Waals surface area contributed by atoms with Crippen molar-refractivity contribution < 1.29 is 19.1 Å². The molecule has 0 N–H and O–H groups in total. The highest BCUT2D eigenvalue weighted by molar-refractivity contribution is 7.10. The molecule has 8 heteroatoms. The predicted octanol–water partition coefficient (Wildman–Crippen LogP) is 4.74. The zero-order chi connectivity index (χ0) is 24.8. The van der Waals surface area contributed by atoms with Gasteiger partial charge < -0.3 is 19.3 Å². The average molecular weight is 513 g/mol. The van der Waals surface area contributed by atoms with Crippen molar-refractivity contribution in [3.63, 3.8) is 0 Å². The summed E-state index contributed by atoms with van der Waals surface area (Å²) in [6, 6.07) is 17.1. The predicted molar refractivity (Wildman–Crippen MR) is 138 cm³/mol. The van der Waals surface area contributed by atoms with Gasteiger partial charge in [-0.15, -0.1) is 11.3 Å².